The van der Waals surface area contributed by atoms with Crippen molar-refractivity contribution in [1.29, 1.82) is 0 Å². The van der Waals surface area contributed by atoms with Gasteiger partial charge < -0.3 is 9.84 Å². The van der Waals surface area contributed by atoms with Gasteiger partial charge in [0.05, 0.1) is 17.1 Å². The molecule has 0 radical (unpaired) electrons. The van der Waals surface area contributed by atoms with Gasteiger partial charge in [0.15, 0.2) is 11.6 Å². The fraction of sp³-hybridized carbons (Fsp3) is 0.273. The lowest BCUT2D eigenvalue weighted by atomic mass is 10.2. The second kappa shape index (κ2) is 5.25. The Morgan fingerprint density at radius 2 is 2.29 bits per heavy atom. The maximum absolute atomic E-state index is 13.7. The maximum atomic E-state index is 13.7. The SMILES string of the molecule is CCNCc1noc(-c2cccc(Cl)c2F)n1. The van der Waals surface area contributed by atoms with E-state index in [1.807, 2.05) is 6.92 Å². The molecule has 0 aliphatic heterocycles. The summed E-state index contributed by atoms with van der Waals surface area (Å²) in [5, 5.41) is 6.83. The molecule has 0 unspecified atom stereocenters. The van der Waals surface area contributed by atoms with Crippen molar-refractivity contribution in [1.82, 2.24) is 15.5 Å². The Morgan fingerprint density at radius 3 is 3.06 bits per heavy atom. The van der Waals surface area contributed by atoms with Crippen molar-refractivity contribution in [2.24, 2.45) is 0 Å². The van der Waals surface area contributed by atoms with Gasteiger partial charge in [0.2, 0.25) is 0 Å². The zero-order chi connectivity index (χ0) is 12.3. The second-order valence-corrected chi connectivity index (χ2v) is 3.80. The van der Waals surface area contributed by atoms with E-state index in [1.165, 1.54) is 6.07 Å². The van der Waals surface area contributed by atoms with Crippen LogP contribution in [0, 0.1) is 5.82 Å². The fourth-order valence-electron chi connectivity index (χ4n) is 1.34. The highest BCUT2D eigenvalue weighted by atomic mass is 35.5. The topological polar surface area (TPSA) is 51.0 Å². The molecular weight excluding hydrogens is 245 g/mol. The highest BCUT2D eigenvalue weighted by Crippen LogP contribution is 2.26. The Kier molecular flexibility index (Phi) is 3.71. The maximum Gasteiger partial charge on any atom is 0.261 e. The molecule has 2 rings (SSSR count). The molecule has 0 saturated carbocycles. The second-order valence-electron chi connectivity index (χ2n) is 3.40. The number of benzene rings is 1. The summed E-state index contributed by atoms with van der Waals surface area (Å²) in [4.78, 5) is 4.08. The van der Waals surface area contributed by atoms with Gasteiger partial charge in [-0.25, -0.2) is 4.39 Å². The zero-order valence-electron chi connectivity index (χ0n) is 9.20. The molecule has 0 aliphatic rings. The van der Waals surface area contributed by atoms with Gasteiger partial charge in [-0.15, -0.1) is 0 Å². The number of rotatable bonds is 4. The molecular formula is C11H11ClFN3O. The van der Waals surface area contributed by atoms with E-state index in [2.05, 4.69) is 15.5 Å². The minimum atomic E-state index is -0.548. The number of aromatic nitrogens is 2. The Labute approximate surface area is 103 Å². The van der Waals surface area contributed by atoms with E-state index >= 15 is 0 Å². The Bertz CT molecular complexity index is 515. The molecule has 1 N–H and O–H groups in total. The number of nitrogens with zero attached hydrogens (tertiary/aromatic N) is 2. The van der Waals surface area contributed by atoms with Gasteiger partial charge in [-0.2, -0.15) is 4.98 Å². The monoisotopic (exact) mass is 255 g/mol. The van der Waals surface area contributed by atoms with Crippen LogP contribution in [0.4, 0.5) is 4.39 Å². The molecule has 0 amide bonds. The minimum Gasteiger partial charge on any atom is -0.334 e. The summed E-state index contributed by atoms with van der Waals surface area (Å²) in [6, 6.07) is 4.65. The number of hydrogen-bond donors (Lipinski definition) is 1. The molecule has 0 atom stereocenters. The summed E-state index contributed by atoms with van der Waals surface area (Å²) in [5.41, 5.74) is 0.216. The number of halogens is 2. The first-order valence-electron chi connectivity index (χ1n) is 5.20. The average molecular weight is 256 g/mol. The summed E-state index contributed by atoms with van der Waals surface area (Å²) >= 11 is 5.68. The van der Waals surface area contributed by atoms with E-state index in [0.717, 1.165) is 6.54 Å². The van der Waals surface area contributed by atoms with Crippen LogP contribution in [0.2, 0.25) is 5.02 Å². The molecule has 0 bridgehead atoms. The third kappa shape index (κ3) is 2.62. The van der Waals surface area contributed by atoms with Crippen molar-refractivity contribution < 1.29 is 8.91 Å². The lowest BCUT2D eigenvalue weighted by Gasteiger charge is -1.98. The highest BCUT2D eigenvalue weighted by Gasteiger charge is 2.14. The molecule has 1 heterocycles. The van der Waals surface area contributed by atoms with Crippen LogP contribution in [0.15, 0.2) is 22.7 Å². The Hall–Kier alpha value is -1.46. The molecule has 1 aromatic carbocycles. The predicted molar refractivity (Wildman–Crippen MR) is 62.1 cm³/mol. The zero-order valence-corrected chi connectivity index (χ0v) is 9.96. The molecule has 0 aliphatic carbocycles. The third-order valence-electron chi connectivity index (χ3n) is 2.18. The van der Waals surface area contributed by atoms with Gasteiger partial charge >= 0.3 is 0 Å². The van der Waals surface area contributed by atoms with E-state index in [0.29, 0.717) is 12.4 Å². The Balaban J connectivity index is 2.27. The van der Waals surface area contributed by atoms with E-state index in [9.17, 15) is 4.39 Å². The van der Waals surface area contributed by atoms with Crippen LogP contribution in [-0.2, 0) is 6.54 Å². The van der Waals surface area contributed by atoms with Crippen molar-refractivity contribution >= 4 is 11.6 Å². The van der Waals surface area contributed by atoms with Crippen LogP contribution in [0.1, 0.15) is 12.7 Å². The largest absolute Gasteiger partial charge is 0.334 e. The van der Waals surface area contributed by atoms with Crippen molar-refractivity contribution in [2.75, 3.05) is 6.54 Å². The summed E-state index contributed by atoms with van der Waals surface area (Å²) < 4.78 is 18.7. The normalized spacial score (nSPS) is 10.8. The van der Waals surface area contributed by atoms with E-state index in [1.54, 1.807) is 12.1 Å². The summed E-state index contributed by atoms with van der Waals surface area (Å²) in [5.74, 6) is 0.0759. The van der Waals surface area contributed by atoms with Crippen LogP contribution >= 0.6 is 11.6 Å². The minimum absolute atomic E-state index is 0.0360. The summed E-state index contributed by atoms with van der Waals surface area (Å²) in [6.45, 7) is 3.26. The Morgan fingerprint density at radius 1 is 1.47 bits per heavy atom. The molecule has 0 spiro atoms. The highest BCUT2D eigenvalue weighted by molar-refractivity contribution is 6.31. The number of hydrogen-bond acceptors (Lipinski definition) is 4. The summed E-state index contributed by atoms with van der Waals surface area (Å²) in [7, 11) is 0. The molecule has 0 saturated heterocycles. The van der Waals surface area contributed by atoms with Gasteiger partial charge in [-0.1, -0.05) is 29.7 Å². The molecule has 1 aromatic heterocycles. The lowest BCUT2D eigenvalue weighted by molar-refractivity contribution is 0.417. The van der Waals surface area contributed by atoms with Crippen LogP contribution in [-0.4, -0.2) is 16.7 Å². The first kappa shape index (κ1) is 12.0. The van der Waals surface area contributed by atoms with Gasteiger partial charge in [0.1, 0.15) is 0 Å². The first-order chi connectivity index (χ1) is 8.22. The van der Waals surface area contributed by atoms with Crippen molar-refractivity contribution in [2.45, 2.75) is 13.5 Å². The lowest BCUT2D eigenvalue weighted by Crippen LogP contribution is -2.12. The third-order valence-corrected chi connectivity index (χ3v) is 2.48. The number of nitrogens with one attached hydrogen (secondary N) is 1. The van der Waals surface area contributed by atoms with Gasteiger partial charge in [0.25, 0.3) is 5.89 Å². The van der Waals surface area contributed by atoms with Crippen LogP contribution in [0.5, 0.6) is 0 Å². The molecule has 6 heteroatoms. The van der Waals surface area contributed by atoms with E-state index in [4.69, 9.17) is 16.1 Å². The molecule has 4 nitrogen and oxygen atoms in total. The molecule has 0 fully saturated rings. The fourth-order valence-corrected chi connectivity index (χ4v) is 1.52. The van der Waals surface area contributed by atoms with Gasteiger partial charge in [0, 0.05) is 0 Å². The predicted octanol–water partition coefficient (Wildman–Crippen LogP) is 2.64. The standard InChI is InChI=1S/C11H11ClFN3O/c1-2-14-6-9-15-11(17-16-9)7-4-3-5-8(12)10(7)13/h3-5,14H,2,6H2,1H3. The van der Waals surface area contributed by atoms with Crippen molar-refractivity contribution in [3.8, 4) is 11.5 Å². The van der Waals surface area contributed by atoms with E-state index < -0.39 is 5.82 Å². The van der Waals surface area contributed by atoms with E-state index in [-0.39, 0.29) is 16.5 Å². The molecule has 2 aromatic rings. The smallest absolute Gasteiger partial charge is 0.261 e. The van der Waals surface area contributed by atoms with Crippen LogP contribution < -0.4 is 5.32 Å². The first-order valence-corrected chi connectivity index (χ1v) is 5.58. The summed E-state index contributed by atoms with van der Waals surface area (Å²) in [6.07, 6.45) is 0. The van der Waals surface area contributed by atoms with Crippen LogP contribution in [0.25, 0.3) is 11.5 Å². The van der Waals surface area contributed by atoms with Crippen LogP contribution in [0.3, 0.4) is 0 Å². The van der Waals surface area contributed by atoms with Gasteiger partial charge in [-0.3, -0.25) is 0 Å². The van der Waals surface area contributed by atoms with Crippen molar-refractivity contribution in [3.63, 3.8) is 0 Å². The van der Waals surface area contributed by atoms with Gasteiger partial charge in [-0.05, 0) is 18.7 Å². The average Bonchev–Trinajstić information content (AvgIpc) is 2.78. The van der Waals surface area contributed by atoms with Crippen molar-refractivity contribution in [3.05, 3.63) is 34.9 Å². The molecule has 90 valence electrons. The molecule has 17 heavy (non-hydrogen) atoms. The quantitative estimate of drug-likeness (QED) is 0.913.